The first kappa shape index (κ1) is 14.4. The van der Waals surface area contributed by atoms with E-state index in [2.05, 4.69) is 34.3 Å². The second-order valence-corrected chi connectivity index (χ2v) is 5.04. The highest BCUT2D eigenvalue weighted by Crippen LogP contribution is 2.07. The highest BCUT2D eigenvalue weighted by atomic mass is 16.5. The zero-order valence-corrected chi connectivity index (χ0v) is 11.9. The quantitative estimate of drug-likeness (QED) is 0.726. The molecule has 1 fully saturated rings. The summed E-state index contributed by atoms with van der Waals surface area (Å²) in [4.78, 5) is 6.89. The summed E-state index contributed by atoms with van der Waals surface area (Å²) in [7, 11) is 0. The smallest absolute Gasteiger partial charge is 0.0888 e. The number of hydrogen-bond donors (Lipinski definition) is 1. The van der Waals surface area contributed by atoms with Gasteiger partial charge in [-0.15, -0.1) is 0 Å². The van der Waals surface area contributed by atoms with Crippen molar-refractivity contribution in [1.29, 1.82) is 0 Å². The largest absolute Gasteiger partial charge is 0.374 e. The molecule has 19 heavy (non-hydrogen) atoms. The Morgan fingerprint density at radius 1 is 1.32 bits per heavy atom. The van der Waals surface area contributed by atoms with Gasteiger partial charge in [-0.1, -0.05) is 13.0 Å². The number of rotatable bonds is 8. The first-order valence-corrected chi connectivity index (χ1v) is 7.33. The van der Waals surface area contributed by atoms with Crippen molar-refractivity contribution in [3.05, 3.63) is 29.6 Å². The highest BCUT2D eigenvalue weighted by molar-refractivity contribution is 5.13. The molecule has 4 nitrogen and oxygen atoms in total. The third-order valence-electron chi connectivity index (χ3n) is 3.47. The summed E-state index contributed by atoms with van der Waals surface area (Å²) < 4.78 is 5.68. The highest BCUT2D eigenvalue weighted by Gasteiger charge is 2.10. The van der Waals surface area contributed by atoms with Crippen molar-refractivity contribution in [1.82, 2.24) is 15.2 Å². The van der Waals surface area contributed by atoms with E-state index < -0.39 is 0 Å². The molecular weight excluding hydrogens is 238 g/mol. The van der Waals surface area contributed by atoms with Gasteiger partial charge in [-0.3, -0.25) is 4.98 Å². The van der Waals surface area contributed by atoms with Gasteiger partial charge in [-0.25, -0.2) is 0 Å². The van der Waals surface area contributed by atoms with Crippen molar-refractivity contribution >= 4 is 0 Å². The van der Waals surface area contributed by atoms with Crippen LogP contribution in [-0.4, -0.2) is 42.7 Å². The van der Waals surface area contributed by atoms with Crippen molar-refractivity contribution in [3.8, 4) is 0 Å². The van der Waals surface area contributed by atoms with Crippen LogP contribution in [0.25, 0.3) is 0 Å². The van der Waals surface area contributed by atoms with Crippen LogP contribution in [0.1, 0.15) is 31.0 Å². The molecule has 4 heteroatoms. The maximum atomic E-state index is 5.68. The number of likely N-dealkylation sites (tertiary alicyclic amines) is 1. The molecule has 0 atom stereocenters. The summed E-state index contributed by atoms with van der Waals surface area (Å²) >= 11 is 0. The number of nitrogens with zero attached hydrogens (tertiary/aromatic N) is 2. The maximum Gasteiger partial charge on any atom is 0.0888 e. The molecule has 0 spiro atoms. The fraction of sp³-hybridized carbons (Fsp3) is 0.667. The summed E-state index contributed by atoms with van der Waals surface area (Å²) in [6.45, 7) is 8.94. The molecule has 0 bridgehead atoms. The molecule has 1 saturated heterocycles. The monoisotopic (exact) mass is 263 g/mol. The minimum Gasteiger partial charge on any atom is -0.374 e. The average molecular weight is 263 g/mol. The average Bonchev–Trinajstić information content (AvgIpc) is 2.96. The first-order chi connectivity index (χ1) is 9.38. The van der Waals surface area contributed by atoms with Gasteiger partial charge in [0.05, 0.1) is 18.9 Å². The van der Waals surface area contributed by atoms with E-state index in [0.717, 1.165) is 31.9 Å². The Hall–Kier alpha value is -0.970. The normalized spacial score (nSPS) is 16.1. The lowest BCUT2D eigenvalue weighted by molar-refractivity contribution is 0.0971. The van der Waals surface area contributed by atoms with E-state index in [1.807, 2.05) is 6.20 Å². The Balaban J connectivity index is 1.62. The van der Waals surface area contributed by atoms with Gasteiger partial charge in [0.25, 0.3) is 0 Å². The molecule has 2 heterocycles. The van der Waals surface area contributed by atoms with E-state index in [9.17, 15) is 0 Å². The molecular formula is C15H25N3O. The second-order valence-electron chi connectivity index (χ2n) is 5.04. The lowest BCUT2D eigenvalue weighted by Crippen LogP contribution is -2.24. The molecule has 1 N–H and O–H groups in total. The lowest BCUT2D eigenvalue weighted by Gasteiger charge is -2.14. The van der Waals surface area contributed by atoms with Crippen molar-refractivity contribution in [2.24, 2.45) is 0 Å². The fourth-order valence-electron chi connectivity index (χ4n) is 2.29. The van der Waals surface area contributed by atoms with Gasteiger partial charge in [0.1, 0.15) is 0 Å². The van der Waals surface area contributed by atoms with Crippen LogP contribution in [0.5, 0.6) is 0 Å². The molecule has 0 saturated carbocycles. The van der Waals surface area contributed by atoms with E-state index in [1.54, 1.807) is 0 Å². The predicted octanol–water partition coefficient (Wildman–Crippen LogP) is 1.80. The number of hydrogen-bond acceptors (Lipinski definition) is 4. The van der Waals surface area contributed by atoms with Crippen LogP contribution in [0.2, 0.25) is 0 Å². The molecule has 1 aromatic heterocycles. The zero-order valence-electron chi connectivity index (χ0n) is 11.9. The minimum atomic E-state index is 0.620. The Morgan fingerprint density at radius 2 is 2.16 bits per heavy atom. The Kier molecular flexibility index (Phi) is 6.27. The Morgan fingerprint density at radius 3 is 2.84 bits per heavy atom. The van der Waals surface area contributed by atoms with Crippen molar-refractivity contribution in [2.45, 2.75) is 32.9 Å². The Bertz CT molecular complexity index is 347. The minimum absolute atomic E-state index is 0.620. The molecule has 0 aliphatic carbocycles. The van der Waals surface area contributed by atoms with Gasteiger partial charge < -0.3 is 15.0 Å². The molecule has 106 valence electrons. The van der Waals surface area contributed by atoms with Crippen molar-refractivity contribution < 1.29 is 4.74 Å². The summed E-state index contributed by atoms with van der Waals surface area (Å²) in [6.07, 6.45) is 4.62. The first-order valence-electron chi connectivity index (χ1n) is 7.33. The number of aromatic nitrogens is 1. The lowest BCUT2D eigenvalue weighted by atomic mass is 10.2. The predicted molar refractivity (Wildman–Crippen MR) is 76.9 cm³/mol. The summed E-state index contributed by atoms with van der Waals surface area (Å²) in [5, 5.41) is 3.29. The summed E-state index contributed by atoms with van der Waals surface area (Å²) in [5.74, 6) is 0. The van der Waals surface area contributed by atoms with Crippen molar-refractivity contribution in [3.63, 3.8) is 0 Å². The molecule has 0 unspecified atom stereocenters. The van der Waals surface area contributed by atoms with E-state index >= 15 is 0 Å². The van der Waals surface area contributed by atoms with Gasteiger partial charge in [-0.05, 0) is 44.1 Å². The van der Waals surface area contributed by atoms with Crippen LogP contribution in [0.3, 0.4) is 0 Å². The molecule has 0 radical (unpaired) electrons. The van der Waals surface area contributed by atoms with Crippen LogP contribution in [0, 0.1) is 0 Å². The van der Waals surface area contributed by atoms with E-state index in [4.69, 9.17) is 4.74 Å². The van der Waals surface area contributed by atoms with Gasteiger partial charge >= 0.3 is 0 Å². The van der Waals surface area contributed by atoms with E-state index in [1.165, 1.54) is 31.5 Å². The maximum absolute atomic E-state index is 5.68. The molecule has 0 amide bonds. The third-order valence-corrected chi connectivity index (χ3v) is 3.47. The SMILES string of the molecule is CCNCc1ccc(COCCN2CCCC2)nc1. The standard InChI is InChI=1S/C15H25N3O/c1-2-16-11-14-5-6-15(17-12-14)13-19-10-9-18-7-3-4-8-18/h5-6,12,16H,2-4,7-11,13H2,1H3. The number of pyridine rings is 1. The topological polar surface area (TPSA) is 37.4 Å². The van der Waals surface area contributed by atoms with Crippen LogP contribution >= 0.6 is 0 Å². The van der Waals surface area contributed by atoms with Gasteiger partial charge in [0.2, 0.25) is 0 Å². The summed E-state index contributed by atoms with van der Waals surface area (Å²) in [5.41, 5.74) is 2.24. The van der Waals surface area contributed by atoms with Gasteiger partial charge in [0, 0.05) is 19.3 Å². The fourth-order valence-corrected chi connectivity index (χ4v) is 2.29. The van der Waals surface area contributed by atoms with Gasteiger partial charge in [0.15, 0.2) is 0 Å². The second kappa shape index (κ2) is 8.25. The van der Waals surface area contributed by atoms with Crippen LogP contribution in [0.15, 0.2) is 18.3 Å². The zero-order chi connectivity index (χ0) is 13.3. The Labute approximate surface area is 116 Å². The molecule has 1 aliphatic rings. The molecule has 1 aliphatic heterocycles. The van der Waals surface area contributed by atoms with Crippen molar-refractivity contribution in [2.75, 3.05) is 32.8 Å². The molecule has 0 aromatic carbocycles. The van der Waals surface area contributed by atoms with Crippen LogP contribution in [-0.2, 0) is 17.9 Å². The van der Waals surface area contributed by atoms with Gasteiger partial charge in [-0.2, -0.15) is 0 Å². The third kappa shape index (κ3) is 5.27. The van der Waals surface area contributed by atoms with Crippen LogP contribution in [0.4, 0.5) is 0 Å². The summed E-state index contributed by atoms with van der Waals surface area (Å²) in [6, 6.07) is 4.18. The molecule has 2 rings (SSSR count). The molecule has 1 aromatic rings. The van der Waals surface area contributed by atoms with Crippen LogP contribution < -0.4 is 5.32 Å². The van der Waals surface area contributed by atoms with E-state index in [-0.39, 0.29) is 0 Å². The number of nitrogens with one attached hydrogen (secondary N) is 1. The van der Waals surface area contributed by atoms with E-state index in [0.29, 0.717) is 6.61 Å². The number of ether oxygens (including phenoxy) is 1.